The Morgan fingerprint density at radius 1 is 1.25 bits per heavy atom. The molecule has 4 heteroatoms. The van der Waals surface area contributed by atoms with E-state index in [1.807, 2.05) is 31.2 Å². The summed E-state index contributed by atoms with van der Waals surface area (Å²) in [6, 6.07) is 10.2. The van der Waals surface area contributed by atoms with Crippen LogP contribution in [0.25, 0.3) is 0 Å². The van der Waals surface area contributed by atoms with Gasteiger partial charge in [0.05, 0.1) is 19.3 Å². The second kappa shape index (κ2) is 8.57. The largest absolute Gasteiger partial charge is 0.494 e. The van der Waals surface area contributed by atoms with E-state index in [0.29, 0.717) is 19.4 Å². The van der Waals surface area contributed by atoms with Crippen LogP contribution in [-0.4, -0.2) is 25.9 Å². The van der Waals surface area contributed by atoms with Crippen molar-refractivity contribution in [2.24, 2.45) is 5.73 Å². The smallest absolute Gasteiger partial charge is 0.119 e. The first-order valence-electron chi connectivity index (χ1n) is 7.04. The number of methoxy groups -OCH3 is 1. The van der Waals surface area contributed by atoms with Gasteiger partial charge in [-0.25, -0.2) is 0 Å². The van der Waals surface area contributed by atoms with Gasteiger partial charge in [-0.2, -0.15) is 5.26 Å². The van der Waals surface area contributed by atoms with E-state index in [4.69, 9.17) is 20.5 Å². The molecule has 0 saturated heterocycles. The van der Waals surface area contributed by atoms with E-state index >= 15 is 0 Å². The van der Waals surface area contributed by atoms with Crippen LogP contribution in [0.3, 0.4) is 0 Å². The van der Waals surface area contributed by atoms with Crippen molar-refractivity contribution in [3.05, 3.63) is 29.8 Å². The third-order valence-electron chi connectivity index (χ3n) is 3.41. The Kier molecular flexibility index (Phi) is 7.06. The van der Waals surface area contributed by atoms with Crippen LogP contribution >= 0.6 is 0 Å². The van der Waals surface area contributed by atoms with Gasteiger partial charge in [0, 0.05) is 7.11 Å². The molecule has 0 radical (unpaired) electrons. The molecule has 0 saturated carbocycles. The molecule has 0 amide bonds. The molecule has 0 fully saturated rings. The predicted molar refractivity (Wildman–Crippen MR) is 79.6 cm³/mol. The highest BCUT2D eigenvalue weighted by Crippen LogP contribution is 2.16. The van der Waals surface area contributed by atoms with Gasteiger partial charge >= 0.3 is 0 Å². The number of benzene rings is 1. The number of rotatable bonds is 9. The summed E-state index contributed by atoms with van der Waals surface area (Å²) in [6.45, 7) is 3.24. The summed E-state index contributed by atoms with van der Waals surface area (Å²) in [5.41, 5.74) is 6.43. The molecule has 110 valence electrons. The minimum atomic E-state index is -0.715. The highest BCUT2D eigenvalue weighted by Gasteiger charge is 2.20. The molecule has 0 spiro atoms. The third kappa shape index (κ3) is 5.60. The zero-order chi connectivity index (χ0) is 14.8. The first-order chi connectivity index (χ1) is 9.63. The number of hydrogen-bond acceptors (Lipinski definition) is 4. The summed E-state index contributed by atoms with van der Waals surface area (Å²) in [5, 5.41) is 8.98. The van der Waals surface area contributed by atoms with Crippen molar-refractivity contribution >= 4 is 0 Å². The fourth-order valence-corrected chi connectivity index (χ4v) is 1.86. The van der Waals surface area contributed by atoms with Gasteiger partial charge in [0.2, 0.25) is 0 Å². The van der Waals surface area contributed by atoms with Crippen LogP contribution in [0.5, 0.6) is 5.75 Å². The predicted octanol–water partition coefficient (Wildman–Crippen LogP) is 2.67. The van der Waals surface area contributed by atoms with Gasteiger partial charge in [-0.05, 0) is 43.4 Å². The van der Waals surface area contributed by atoms with Gasteiger partial charge in [0.25, 0.3) is 0 Å². The molecule has 1 unspecified atom stereocenters. The van der Waals surface area contributed by atoms with E-state index in [0.717, 1.165) is 25.2 Å². The van der Waals surface area contributed by atoms with Crippen LogP contribution in [0.15, 0.2) is 24.3 Å². The first-order valence-corrected chi connectivity index (χ1v) is 7.04. The Balaban J connectivity index is 2.30. The lowest BCUT2D eigenvalue weighted by molar-refractivity contribution is 0.202. The molecular formula is C16H24N2O2. The average molecular weight is 276 g/mol. The molecule has 0 aliphatic carbocycles. The third-order valence-corrected chi connectivity index (χ3v) is 3.41. The molecule has 1 atom stereocenters. The highest BCUT2D eigenvalue weighted by atomic mass is 16.5. The number of nitriles is 1. The molecule has 0 aliphatic heterocycles. The summed E-state index contributed by atoms with van der Waals surface area (Å²) in [6.07, 6.45) is 3.01. The van der Waals surface area contributed by atoms with Crippen molar-refractivity contribution in [2.45, 2.75) is 38.1 Å². The minimum absolute atomic E-state index is 0.581. The fraction of sp³-hybridized carbons (Fsp3) is 0.562. The Hall–Kier alpha value is -1.57. The maximum Gasteiger partial charge on any atom is 0.119 e. The second-order valence-electron chi connectivity index (χ2n) is 4.96. The number of nitrogens with two attached hydrogens (primary N) is 1. The van der Waals surface area contributed by atoms with Crippen LogP contribution in [-0.2, 0) is 11.2 Å². The van der Waals surface area contributed by atoms with Gasteiger partial charge in [0.15, 0.2) is 0 Å². The Morgan fingerprint density at radius 2 is 1.95 bits per heavy atom. The molecular weight excluding hydrogens is 252 g/mol. The zero-order valence-electron chi connectivity index (χ0n) is 12.4. The van der Waals surface area contributed by atoms with Crippen LogP contribution in [0.2, 0.25) is 0 Å². The van der Waals surface area contributed by atoms with Crippen molar-refractivity contribution in [3.63, 3.8) is 0 Å². The van der Waals surface area contributed by atoms with Gasteiger partial charge in [-0.1, -0.05) is 19.1 Å². The second-order valence-corrected chi connectivity index (χ2v) is 4.96. The SMILES string of the molecule is CCC(N)(C#N)CCCOc1ccc(CCOC)cc1. The Bertz CT molecular complexity index is 425. The molecule has 0 bridgehead atoms. The standard InChI is InChI=1S/C16H24N2O2/c1-3-16(18,13-17)10-4-11-20-15-7-5-14(6-8-15)9-12-19-2/h5-8H,3-4,9-12,18H2,1-2H3. The van der Waals surface area contributed by atoms with E-state index in [9.17, 15) is 0 Å². The van der Waals surface area contributed by atoms with Crippen molar-refractivity contribution in [3.8, 4) is 11.8 Å². The lowest BCUT2D eigenvalue weighted by atomic mass is 9.94. The lowest BCUT2D eigenvalue weighted by Gasteiger charge is -2.18. The molecule has 1 aromatic rings. The van der Waals surface area contributed by atoms with Gasteiger partial charge in [-0.3, -0.25) is 0 Å². The molecule has 2 N–H and O–H groups in total. The fourth-order valence-electron chi connectivity index (χ4n) is 1.86. The topological polar surface area (TPSA) is 68.3 Å². The first kappa shape index (κ1) is 16.5. The maximum absolute atomic E-state index is 8.98. The maximum atomic E-state index is 8.98. The molecule has 4 nitrogen and oxygen atoms in total. The van der Waals surface area contributed by atoms with E-state index in [1.165, 1.54) is 5.56 Å². The van der Waals surface area contributed by atoms with Crippen molar-refractivity contribution in [2.75, 3.05) is 20.3 Å². The normalized spacial score (nSPS) is 13.5. The number of nitrogens with zero attached hydrogens (tertiary/aromatic N) is 1. The van der Waals surface area contributed by atoms with Gasteiger partial charge in [0.1, 0.15) is 11.3 Å². The van der Waals surface area contributed by atoms with Gasteiger partial charge < -0.3 is 15.2 Å². The summed E-state index contributed by atoms with van der Waals surface area (Å²) < 4.78 is 10.7. The summed E-state index contributed by atoms with van der Waals surface area (Å²) in [7, 11) is 1.70. The van der Waals surface area contributed by atoms with Crippen LogP contribution < -0.4 is 10.5 Å². The van der Waals surface area contributed by atoms with Crippen LogP contribution in [0.4, 0.5) is 0 Å². The number of ether oxygens (including phenoxy) is 2. The molecule has 0 aromatic heterocycles. The van der Waals surface area contributed by atoms with E-state index in [1.54, 1.807) is 7.11 Å². The molecule has 0 heterocycles. The Morgan fingerprint density at radius 3 is 2.50 bits per heavy atom. The number of hydrogen-bond donors (Lipinski definition) is 1. The Labute approximate surface area is 121 Å². The summed E-state index contributed by atoms with van der Waals surface area (Å²) in [5.74, 6) is 0.849. The van der Waals surface area contributed by atoms with Crippen LogP contribution in [0.1, 0.15) is 31.7 Å². The van der Waals surface area contributed by atoms with Crippen molar-refractivity contribution in [1.29, 1.82) is 5.26 Å². The van der Waals surface area contributed by atoms with E-state index < -0.39 is 5.54 Å². The lowest BCUT2D eigenvalue weighted by Crippen LogP contribution is -2.37. The van der Waals surface area contributed by atoms with E-state index in [2.05, 4.69) is 6.07 Å². The minimum Gasteiger partial charge on any atom is -0.494 e. The highest BCUT2D eigenvalue weighted by molar-refractivity contribution is 5.27. The monoisotopic (exact) mass is 276 g/mol. The molecule has 1 rings (SSSR count). The zero-order valence-corrected chi connectivity index (χ0v) is 12.4. The van der Waals surface area contributed by atoms with Gasteiger partial charge in [-0.15, -0.1) is 0 Å². The van der Waals surface area contributed by atoms with Crippen LogP contribution in [0, 0.1) is 11.3 Å². The molecule has 0 aliphatic rings. The quantitative estimate of drug-likeness (QED) is 0.704. The summed E-state index contributed by atoms with van der Waals surface area (Å²) >= 11 is 0. The van der Waals surface area contributed by atoms with Crippen molar-refractivity contribution < 1.29 is 9.47 Å². The van der Waals surface area contributed by atoms with Crippen molar-refractivity contribution in [1.82, 2.24) is 0 Å². The molecule has 1 aromatic carbocycles. The molecule has 20 heavy (non-hydrogen) atoms. The average Bonchev–Trinajstić information content (AvgIpc) is 2.50. The van der Waals surface area contributed by atoms with E-state index in [-0.39, 0.29) is 0 Å². The summed E-state index contributed by atoms with van der Waals surface area (Å²) in [4.78, 5) is 0.